The predicted octanol–water partition coefficient (Wildman–Crippen LogP) is 6.80. The number of thiocarbonyl (C=S) groups is 1. The molecule has 0 bridgehead atoms. The van der Waals surface area contributed by atoms with Crippen molar-refractivity contribution in [2.24, 2.45) is 0 Å². The zero-order chi connectivity index (χ0) is 23.5. The Kier molecular flexibility index (Phi) is 6.99. The quantitative estimate of drug-likeness (QED) is 0.187. The summed E-state index contributed by atoms with van der Waals surface area (Å²) in [5.74, 6) is 0.119. The van der Waals surface area contributed by atoms with Gasteiger partial charge in [0.2, 0.25) is 11.8 Å². The third-order valence-corrected chi connectivity index (χ3v) is 5.86. The Labute approximate surface area is 212 Å². The van der Waals surface area contributed by atoms with Crippen molar-refractivity contribution in [3.05, 3.63) is 80.8 Å². The van der Waals surface area contributed by atoms with Crippen LogP contribution in [-0.4, -0.2) is 21.1 Å². The molecule has 4 aromatic rings. The number of hydrogen-bond acceptors (Lipinski definition) is 5. The summed E-state index contributed by atoms with van der Waals surface area (Å²) >= 11 is 20.5. The number of phenols is 1. The molecule has 1 heterocycles. The molecule has 4 rings (SSSR count). The second-order valence-electron chi connectivity index (χ2n) is 6.81. The fraction of sp³-hybridized carbons (Fsp3) is 0. The number of fused-ring (bicyclic) bond motifs is 1. The molecule has 3 aromatic carbocycles. The maximum atomic E-state index is 12.2. The van der Waals surface area contributed by atoms with Gasteiger partial charge in [-0.3, -0.25) is 10.1 Å². The van der Waals surface area contributed by atoms with E-state index in [1.165, 1.54) is 6.08 Å². The van der Waals surface area contributed by atoms with E-state index < -0.39 is 5.91 Å². The molecule has 10 heteroatoms. The Morgan fingerprint density at radius 1 is 1.12 bits per heavy atom. The van der Waals surface area contributed by atoms with Crippen molar-refractivity contribution >= 4 is 85.2 Å². The van der Waals surface area contributed by atoms with Gasteiger partial charge in [0.15, 0.2) is 10.7 Å². The van der Waals surface area contributed by atoms with E-state index in [0.29, 0.717) is 48.3 Å². The number of anilines is 1. The lowest BCUT2D eigenvalue weighted by molar-refractivity contribution is -0.115. The predicted molar refractivity (Wildman–Crippen MR) is 139 cm³/mol. The number of hydrogen-bond donors (Lipinski definition) is 3. The Morgan fingerprint density at radius 2 is 1.94 bits per heavy atom. The number of benzene rings is 3. The second-order valence-corrected chi connectivity index (χ2v) is 8.92. The van der Waals surface area contributed by atoms with Crippen molar-refractivity contribution in [3.63, 3.8) is 0 Å². The molecular weight excluding hydrogens is 549 g/mol. The van der Waals surface area contributed by atoms with E-state index in [-0.39, 0.29) is 10.9 Å². The number of aromatic hydroxyl groups is 1. The molecule has 0 atom stereocenters. The standard InChI is InChI=1S/C23H14BrCl2N3O3S/c24-16-9-13(2-6-19(16)30)22-28-18-11-15(5-7-20(18)32-22)27-23(33)29-21(31)8-3-12-1-4-14(25)10-17(12)26/h1-11,30H,(H2,27,29,31,33). The van der Waals surface area contributed by atoms with Crippen LogP contribution in [0.2, 0.25) is 10.0 Å². The summed E-state index contributed by atoms with van der Waals surface area (Å²) in [4.78, 5) is 16.7. The van der Waals surface area contributed by atoms with Crippen LogP contribution in [-0.2, 0) is 4.79 Å². The summed E-state index contributed by atoms with van der Waals surface area (Å²) in [6, 6.07) is 15.2. The molecule has 0 saturated carbocycles. The highest BCUT2D eigenvalue weighted by molar-refractivity contribution is 9.10. The van der Waals surface area contributed by atoms with Crippen molar-refractivity contribution < 1.29 is 14.3 Å². The van der Waals surface area contributed by atoms with Crippen molar-refractivity contribution in [1.82, 2.24) is 10.3 Å². The molecule has 0 aliphatic heterocycles. The molecule has 6 nitrogen and oxygen atoms in total. The zero-order valence-corrected chi connectivity index (χ0v) is 20.5. The van der Waals surface area contributed by atoms with Crippen LogP contribution in [0.4, 0.5) is 5.69 Å². The number of oxazole rings is 1. The fourth-order valence-corrected chi connectivity index (χ4v) is 3.96. The van der Waals surface area contributed by atoms with Gasteiger partial charge < -0.3 is 14.8 Å². The highest BCUT2D eigenvalue weighted by atomic mass is 79.9. The topological polar surface area (TPSA) is 87.4 Å². The number of halogens is 3. The van der Waals surface area contributed by atoms with Gasteiger partial charge in [-0.1, -0.05) is 29.3 Å². The van der Waals surface area contributed by atoms with Gasteiger partial charge in [0.1, 0.15) is 11.3 Å². The molecule has 0 saturated heterocycles. The Hall–Kier alpha value is -2.91. The van der Waals surface area contributed by atoms with Gasteiger partial charge in [-0.15, -0.1) is 0 Å². The van der Waals surface area contributed by atoms with E-state index in [1.54, 1.807) is 60.7 Å². The van der Waals surface area contributed by atoms with Gasteiger partial charge in [-0.2, -0.15) is 0 Å². The molecular formula is C23H14BrCl2N3O3S. The van der Waals surface area contributed by atoms with E-state index in [2.05, 4.69) is 31.5 Å². The first-order chi connectivity index (χ1) is 15.8. The first kappa shape index (κ1) is 23.3. The van der Waals surface area contributed by atoms with Crippen LogP contribution >= 0.6 is 51.3 Å². The van der Waals surface area contributed by atoms with E-state index >= 15 is 0 Å². The average Bonchev–Trinajstić information content (AvgIpc) is 3.18. The first-order valence-corrected chi connectivity index (χ1v) is 11.4. The molecule has 33 heavy (non-hydrogen) atoms. The third kappa shape index (κ3) is 5.72. The number of phenolic OH excluding ortho intramolecular Hbond substituents is 1. The monoisotopic (exact) mass is 561 g/mol. The van der Waals surface area contributed by atoms with Gasteiger partial charge in [-0.25, -0.2) is 4.98 Å². The second kappa shape index (κ2) is 9.93. The SMILES string of the molecule is O=C(C=Cc1ccc(Cl)cc1Cl)NC(=S)Nc1ccc2oc(-c3ccc(O)c(Br)c3)nc2c1. The van der Waals surface area contributed by atoms with Crippen molar-refractivity contribution in [3.8, 4) is 17.2 Å². The Bertz CT molecular complexity index is 1420. The van der Waals surface area contributed by atoms with Crippen LogP contribution in [0, 0.1) is 0 Å². The highest BCUT2D eigenvalue weighted by Crippen LogP contribution is 2.31. The van der Waals surface area contributed by atoms with E-state index in [0.717, 1.165) is 0 Å². The van der Waals surface area contributed by atoms with Crippen molar-refractivity contribution in [1.29, 1.82) is 0 Å². The van der Waals surface area contributed by atoms with Crippen LogP contribution in [0.1, 0.15) is 5.56 Å². The van der Waals surface area contributed by atoms with Crippen LogP contribution in [0.5, 0.6) is 5.75 Å². The lowest BCUT2D eigenvalue weighted by atomic mass is 10.2. The lowest BCUT2D eigenvalue weighted by Gasteiger charge is -2.07. The van der Waals surface area contributed by atoms with E-state index in [9.17, 15) is 9.90 Å². The van der Waals surface area contributed by atoms with Crippen LogP contribution in [0.15, 0.2) is 69.6 Å². The molecule has 0 unspecified atom stereocenters. The van der Waals surface area contributed by atoms with Gasteiger partial charge in [0.05, 0.1) is 4.47 Å². The molecule has 3 N–H and O–H groups in total. The molecule has 0 aliphatic carbocycles. The first-order valence-electron chi connectivity index (χ1n) is 9.43. The molecule has 0 fully saturated rings. The number of nitrogens with one attached hydrogen (secondary N) is 2. The van der Waals surface area contributed by atoms with Crippen molar-refractivity contribution in [2.75, 3.05) is 5.32 Å². The normalized spacial score (nSPS) is 11.1. The van der Waals surface area contributed by atoms with Crippen LogP contribution < -0.4 is 10.6 Å². The summed E-state index contributed by atoms with van der Waals surface area (Å²) in [6.45, 7) is 0. The van der Waals surface area contributed by atoms with Gasteiger partial charge in [-0.05, 0) is 88.3 Å². The zero-order valence-electron chi connectivity index (χ0n) is 16.6. The van der Waals surface area contributed by atoms with E-state index in [1.807, 2.05) is 0 Å². The Morgan fingerprint density at radius 3 is 2.70 bits per heavy atom. The number of amides is 1. The number of nitrogens with zero attached hydrogens (tertiary/aromatic N) is 1. The molecule has 166 valence electrons. The number of carbonyl (C=O) groups is 1. The molecule has 0 radical (unpaired) electrons. The van der Waals surface area contributed by atoms with Gasteiger partial charge in [0, 0.05) is 27.4 Å². The fourth-order valence-electron chi connectivity index (χ4n) is 2.89. The van der Waals surface area contributed by atoms with Gasteiger partial charge in [0.25, 0.3) is 0 Å². The number of aromatic nitrogens is 1. The maximum absolute atomic E-state index is 12.2. The summed E-state index contributed by atoms with van der Waals surface area (Å²) < 4.78 is 6.33. The number of rotatable bonds is 4. The summed E-state index contributed by atoms with van der Waals surface area (Å²) in [5.41, 5.74) is 3.18. The number of carbonyl (C=O) groups excluding carboxylic acids is 1. The smallest absolute Gasteiger partial charge is 0.250 e. The van der Waals surface area contributed by atoms with Crippen molar-refractivity contribution in [2.45, 2.75) is 0 Å². The summed E-state index contributed by atoms with van der Waals surface area (Å²) in [6.07, 6.45) is 2.90. The van der Waals surface area contributed by atoms with Gasteiger partial charge >= 0.3 is 0 Å². The highest BCUT2D eigenvalue weighted by Gasteiger charge is 2.11. The molecule has 1 aromatic heterocycles. The minimum absolute atomic E-state index is 0.123. The molecule has 0 spiro atoms. The summed E-state index contributed by atoms with van der Waals surface area (Å²) in [5, 5.41) is 16.3. The molecule has 0 aliphatic rings. The minimum Gasteiger partial charge on any atom is -0.507 e. The maximum Gasteiger partial charge on any atom is 0.250 e. The lowest BCUT2D eigenvalue weighted by Crippen LogP contribution is -2.32. The third-order valence-electron chi connectivity index (χ3n) is 4.45. The van der Waals surface area contributed by atoms with Crippen LogP contribution in [0.3, 0.4) is 0 Å². The average molecular weight is 563 g/mol. The Balaban J connectivity index is 1.42. The largest absolute Gasteiger partial charge is 0.507 e. The summed E-state index contributed by atoms with van der Waals surface area (Å²) in [7, 11) is 0. The molecule has 1 amide bonds. The minimum atomic E-state index is -0.416. The van der Waals surface area contributed by atoms with Crippen LogP contribution in [0.25, 0.3) is 28.6 Å². The van der Waals surface area contributed by atoms with E-state index in [4.69, 9.17) is 39.8 Å².